The van der Waals surface area contributed by atoms with Gasteiger partial charge in [-0.05, 0) is 38.1 Å². The zero-order valence-corrected chi connectivity index (χ0v) is 15.0. The highest BCUT2D eigenvalue weighted by molar-refractivity contribution is 7.12. The van der Waals surface area contributed by atoms with Crippen molar-refractivity contribution in [3.05, 3.63) is 66.7 Å². The number of rotatable bonds is 4. The van der Waals surface area contributed by atoms with Gasteiger partial charge in [0.05, 0.1) is 5.39 Å². The summed E-state index contributed by atoms with van der Waals surface area (Å²) < 4.78 is 10.4. The van der Waals surface area contributed by atoms with Gasteiger partial charge >= 0.3 is 5.97 Å². The predicted octanol–water partition coefficient (Wildman–Crippen LogP) is 4.16. The number of carbonyl (C=O) groups is 2. The molecule has 0 aliphatic heterocycles. The van der Waals surface area contributed by atoms with E-state index in [1.165, 1.54) is 23.5 Å². The van der Waals surface area contributed by atoms with Crippen molar-refractivity contribution < 1.29 is 18.7 Å². The molecule has 0 saturated heterocycles. The Morgan fingerprint density at radius 2 is 1.96 bits per heavy atom. The van der Waals surface area contributed by atoms with Crippen LogP contribution in [0.4, 0.5) is 0 Å². The van der Waals surface area contributed by atoms with Crippen molar-refractivity contribution in [1.82, 2.24) is 0 Å². The Balaban J connectivity index is 1.78. The Kier molecular flexibility index (Phi) is 4.74. The van der Waals surface area contributed by atoms with Gasteiger partial charge in [0.1, 0.15) is 5.58 Å². The Morgan fingerprint density at radius 1 is 1.20 bits per heavy atom. The number of esters is 1. The maximum Gasteiger partial charge on any atom is 0.374 e. The van der Waals surface area contributed by atoms with Crippen LogP contribution in [0.15, 0.2) is 39.5 Å². The van der Waals surface area contributed by atoms with E-state index in [4.69, 9.17) is 20.8 Å². The number of hydrogen-bond donors (Lipinski definition) is 0. The summed E-state index contributed by atoms with van der Waals surface area (Å²) in [7, 11) is 0. The molecule has 0 bridgehead atoms. The van der Waals surface area contributed by atoms with Gasteiger partial charge in [0.15, 0.2) is 12.0 Å². The lowest BCUT2D eigenvalue weighted by molar-refractivity contribution is 0.0444. The minimum atomic E-state index is -0.869. The first-order valence-electron chi connectivity index (χ1n) is 7.36. The molecule has 0 atom stereocenters. The van der Waals surface area contributed by atoms with Gasteiger partial charge in [-0.25, -0.2) is 4.79 Å². The van der Waals surface area contributed by atoms with E-state index in [1.54, 1.807) is 12.1 Å². The number of thiophene rings is 1. The van der Waals surface area contributed by atoms with Crippen LogP contribution in [-0.2, 0) is 4.74 Å². The number of ketones is 1. The van der Waals surface area contributed by atoms with E-state index in [0.29, 0.717) is 10.6 Å². The summed E-state index contributed by atoms with van der Waals surface area (Å²) >= 11 is 7.34. The minimum Gasteiger partial charge on any atom is -0.451 e. The number of Topliss-reactive ketones (excluding diaryl/α,β-unsaturated/α-hetero) is 1. The van der Waals surface area contributed by atoms with Crippen molar-refractivity contribution in [2.24, 2.45) is 0 Å². The SMILES string of the molecule is Cc1cc(C(=O)COC(=O)c2cc(=O)c3cc(Cl)ccc3o2)c(C)s1. The number of halogens is 1. The second kappa shape index (κ2) is 6.82. The molecule has 128 valence electrons. The fourth-order valence-corrected chi connectivity index (χ4v) is 3.53. The minimum absolute atomic E-state index is 0.222. The summed E-state index contributed by atoms with van der Waals surface area (Å²) in [5.74, 6) is -1.43. The lowest BCUT2D eigenvalue weighted by atomic mass is 10.2. The van der Waals surface area contributed by atoms with Gasteiger partial charge < -0.3 is 9.15 Å². The molecular weight excluding hydrogens is 364 g/mol. The van der Waals surface area contributed by atoms with Crippen molar-refractivity contribution >= 4 is 45.7 Å². The monoisotopic (exact) mass is 376 g/mol. The largest absolute Gasteiger partial charge is 0.451 e. The van der Waals surface area contributed by atoms with Gasteiger partial charge in [-0.15, -0.1) is 11.3 Å². The topological polar surface area (TPSA) is 73.6 Å². The molecule has 0 saturated carbocycles. The normalized spacial score (nSPS) is 10.8. The summed E-state index contributed by atoms with van der Waals surface area (Å²) in [5.41, 5.74) is 0.343. The average molecular weight is 377 g/mol. The fraction of sp³-hybridized carbons (Fsp3) is 0.167. The van der Waals surface area contributed by atoms with Crippen LogP contribution in [0, 0.1) is 13.8 Å². The van der Waals surface area contributed by atoms with Crippen molar-refractivity contribution in [1.29, 1.82) is 0 Å². The number of carbonyl (C=O) groups excluding carboxylic acids is 2. The maximum atomic E-state index is 12.2. The summed E-state index contributed by atoms with van der Waals surface area (Å²) in [6.45, 7) is 3.31. The Morgan fingerprint density at radius 3 is 2.64 bits per heavy atom. The first-order valence-corrected chi connectivity index (χ1v) is 8.55. The lowest BCUT2D eigenvalue weighted by Gasteiger charge is -2.05. The quantitative estimate of drug-likeness (QED) is 0.504. The summed E-state index contributed by atoms with van der Waals surface area (Å²) in [5, 5.41) is 0.659. The number of ether oxygens (including phenoxy) is 1. The van der Waals surface area contributed by atoms with Crippen molar-refractivity contribution in [2.45, 2.75) is 13.8 Å². The van der Waals surface area contributed by atoms with E-state index in [1.807, 2.05) is 13.8 Å². The Labute approximate surface area is 151 Å². The van der Waals surface area contributed by atoms with Crippen molar-refractivity contribution in [3.8, 4) is 0 Å². The van der Waals surface area contributed by atoms with Crippen LogP contribution in [0.2, 0.25) is 5.02 Å². The lowest BCUT2D eigenvalue weighted by Crippen LogP contribution is -2.16. The molecule has 2 aromatic heterocycles. The van der Waals surface area contributed by atoms with E-state index in [-0.39, 0.29) is 22.5 Å². The van der Waals surface area contributed by atoms with E-state index in [2.05, 4.69) is 0 Å². The molecule has 0 aliphatic carbocycles. The molecular formula is C18H13ClO5S. The predicted molar refractivity (Wildman–Crippen MR) is 95.9 cm³/mol. The molecule has 0 aliphatic rings. The van der Waals surface area contributed by atoms with E-state index < -0.39 is 18.0 Å². The van der Waals surface area contributed by atoms with Gasteiger partial charge in [0.25, 0.3) is 0 Å². The van der Waals surface area contributed by atoms with Gasteiger partial charge in [-0.2, -0.15) is 0 Å². The van der Waals surface area contributed by atoms with Crippen LogP contribution in [0.5, 0.6) is 0 Å². The van der Waals surface area contributed by atoms with Crippen LogP contribution >= 0.6 is 22.9 Å². The van der Waals surface area contributed by atoms with Crippen LogP contribution < -0.4 is 5.43 Å². The van der Waals surface area contributed by atoms with E-state index >= 15 is 0 Å². The van der Waals surface area contributed by atoms with Crippen LogP contribution in [0.25, 0.3) is 11.0 Å². The molecule has 3 aromatic rings. The van der Waals surface area contributed by atoms with E-state index in [0.717, 1.165) is 15.8 Å². The molecule has 0 amide bonds. The number of fused-ring (bicyclic) bond motifs is 1. The van der Waals surface area contributed by atoms with Crippen molar-refractivity contribution in [3.63, 3.8) is 0 Å². The molecule has 7 heteroatoms. The first kappa shape index (κ1) is 17.4. The third-order valence-corrected chi connectivity index (χ3v) is 4.77. The highest BCUT2D eigenvalue weighted by Crippen LogP contribution is 2.21. The van der Waals surface area contributed by atoms with Gasteiger partial charge in [-0.3, -0.25) is 9.59 Å². The molecule has 3 rings (SSSR count). The molecule has 0 spiro atoms. The number of aryl methyl sites for hydroxylation is 2. The van der Waals surface area contributed by atoms with Gasteiger partial charge in [0.2, 0.25) is 11.5 Å². The zero-order chi connectivity index (χ0) is 18.1. The fourth-order valence-electron chi connectivity index (χ4n) is 2.42. The third kappa shape index (κ3) is 3.65. The third-order valence-electron chi connectivity index (χ3n) is 3.57. The molecule has 0 radical (unpaired) electrons. The average Bonchev–Trinajstić information content (AvgIpc) is 2.91. The highest BCUT2D eigenvalue weighted by Gasteiger charge is 2.18. The zero-order valence-electron chi connectivity index (χ0n) is 13.4. The molecule has 5 nitrogen and oxygen atoms in total. The Hall–Kier alpha value is -2.44. The second-order valence-electron chi connectivity index (χ2n) is 5.44. The molecule has 0 N–H and O–H groups in total. The highest BCUT2D eigenvalue weighted by atomic mass is 35.5. The van der Waals surface area contributed by atoms with Crippen LogP contribution in [0.3, 0.4) is 0 Å². The van der Waals surface area contributed by atoms with Crippen molar-refractivity contribution in [2.75, 3.05) is 6.61 Å². The standard InChI is InChI=1S/C18H13ClO5S/c1-9-5-12(10(2)25-9)15(21)8-23-18(22)17-7-14(20)13-6-11(19)3-4-16(13)24-17/h3-7H,8H2,1-2H3. The van der Waals surface area contributed by atoms with Crippen LogP contribution in [-0.4, -0.2) is 18.4 Å². The van der Waals surface area contributed by atoms with Gasteiger partial charge in [-0.1, -0.05) is 11.6 Å². The maximum absolute atomic E-state index is 12.2. The van der Waals surface area contributed by atoms with Crippen LogP contribution in [0.1, 0.15) is 30.7 Å². The Bertz CT molecular complexity index is 1050. The second-order valence-corrected chi connectivity index (χ2v) is 7.34. The molecule has 0 unspecified atom stereocenters. The van der Waals surface area contributed by atoms with E-state index in [9.17, 15) is 14.4 Å². The summed E-state index contributed by atoms with van der Waals surface area (Å²) in [6, 6.07) is 7.30. The molecule has 0 fully saturated rings. The molecule has 2 heterocycles. The summed E-state index contributed by atoms with van der Waals surface area (Å²) in [4.78, 5) is 38.2. The van der Waals surface area contributed by atoms with Gasteiger partial charge in [0, 0.05) is 26.4 Å². The smallest absolute Gasteiger partial charge is 0.374 e. The molecule has 25 heavy (non-hydrogen) atoms. The first-order chi connectivity index (χ1) is 11.8. The summed E-state index contributed by atoms with van der Waals surface area (Å²) in [6.07, 6.45) is 0. The molecule has 1 aromatic carbocycles. The number of benzene rings is 1. The number of hydrogen-bond acceptors (Lipinski definition) is 6.